The van der Waals surface area contributed by atoms with Gasteiger partial charge < -0.3 is 4.57 Å². The highest BCUT2D eigenvalue weighted by molar-refractivity contribution is 7.14. The Morgan fingerprint density at radius 1 is 0.636 bits per heavy atom. The van der Waals surface area contributed by atoms with Crippen molar-refractivity contribution in [3.63, 3.8) is 0 Å². The molecule has 0 aliphatic rings. The van der Waals surface area contributed by atoms with E-state index in [1.54, 1.807) is 22.7 Å². The molecule has 3 heterocycles. The van der Waals surface area contributed by atoms with Gasteiger partial charge in [-0.3, -0.25) is 0 Å². The van der Waals surface area contributed by atoms with Gasteiger partial charge in [0, 0.05) is 6.54 Å². The predicted octanol–water partition coefficient (Wildman–Crippen LogP) is 5.99. The van der Waals surface area contributed by atoms with Crippen LogP contribution in [0.25, 0.3) is 21.1 Å². The first kappa shape index (κ1) is 13.6. The Hall–Kier alpha value is -2.10. The summed E-state index contributed by atoms with van der Waals surface area (Å²) in [6.07, 6.45) is 0. The number of rotatable bonds is 4. The molecule has 0 aliphatic carbocycles. The Morgan fingerprint density at radius 2 is 1.23 bits per heavy atom. The minimum atomic E-state index is 0.897. The minimum absolute atomic E-state index is 0.897. The van der Waals surface area contributed by atoms with Crippen LogP contribution in [-0.2, 0) is 6.54 Å². The molecule has 0 aliphatic heterocycles. The number of benzene rings is 1. The number of hydrogen-bond donors (Lipinski definition) is 0. The molecule has 0 N–H and O–H groups in total. The largest absolute Gasteiger partial charge is 0.335 e. The maximum absolute atomic E-state index is 2.42. The summed E-state index contributed by atoms with van der Waals surface area (Å²) >= 11 is 3.59. The lowest BCUT2D eigenvalue weighted by atomic mass is 10.2. The molecule has 0 atom stereocenters. The highest BCUT2D eigenvalue weighted by Gasteiger charge is 2.13. The van der Waals surface area contributed by atoms with Gasteiger partial charge in [-0.15, -0.1) is 22.7 Å². The topological polar surface area (TPSA) is 4.93 Å². The molecular weight excluding hydrogens is 306 g/mol. The van der Waals surface area contributed by atoms with Crippen LogP contribution in [0.4, 0.5) is 0 Å². The van der Waals surface area contributed by atoms with Gasteiger partial charge in [-0.2, -0.15) is 0 Å². The average Bonchev–Trinajstić information content (AvgIpc) is 3.29. The number of thiophene rings is 2. The summed E-state index contributed by atoms with van der Waals surface area (Å²) in [5, 5.41) is 4.28. The molecule has 0 saturated carbocycles. The molecule has 0 radical (unpaired) electrons. The normalized spacial score (nSPS) is 10.9. The Morgan fingerprint density at radius 3 is 1.73 bits per heavy atom. The van der Waals surface area contributed by atoms with Crippen LogP contribution in [-0.4, -0.2) is 4.57 Å². The molecule has 0 spiro atoms. The monoisotopic (exact) mass is 321 g/mol. The van der Waals surface area contributed by atoms with Crippen molar-refractivity contribution in [1.29, 1.82) is 0 Å². The summed E-state index contributed by atoms with van der Waals surface area (Å²) in [5.74, 6) is 0. The summed E-state index contributed by atoms with van der Waals surface area (Å²) in [6, 6.07) is 23.8. The third-order valence-electron chi connectivity index (χ3n) is 3.71. The number of nitrogens with zero attached hydrogens (tertiary/aromatic N) is 1. The second-order valence-corrected chi connectivity index (χ2v) is 7.03. The smallest absolute Gasteiger partial charge is 0.0590 e. The van der Waals surface area contributed by atoms with Crippen molar-refractivity contribution in [3.8, 4) is 21.1 Å². The van der Waals surface area contributed by atoms with Gasteiger partial charge in [0.1, 0.15) is 0 Å². The molecule has 4 aromatic rings. The van der Waals surface area contributed by atoms with Crippen LogP contribution in [0.2, 0.25) is 0 Å². The molecule has 0 saturated heterocycles. The number of hydrogen-bond acceptors (Lipinski definition) is 2. The molecule has 0 unspecified atom stereocenters. The van der Waals surface area contributed by atoms with Crippen LogP contribution >= 0.6 is 22.7 Å². The molecule has 0 amide bonds. The molecule has 1 nitrogen and oxygen atoms in total. The minimum Gasteiger partial charge on any atom is -0.335 e. The highest BCUT2D eigenvalue weighted by atomic mass is 32.1. The van der Waals surface area contributed by atoms with Crippen LogP contribution in [0.1, 0.15) is 5.56 Å². The summed E-state index contributed by atoms with van der Waals surface area (Å²) in [6.45, 7) is 0.897. The van der Waals surface area contributed by atoms with Crippen molar-refractivity contribution in [1.82, 2.24) is 4.57 Å². The first-order chi connectivity index (χ1) is 10.9. The molecule has 108 valence electrons. The van der Waals surface area contributed by atoms with Gasteiger partial charge >= 0.3 is 0 Å². The summed E-state index contributed by atoms with van der Waals surface area (Å²) < 4.78 is 2.42. The zero-order chi connectivity index (χ0) is 14.8. The van der Waals surface area contributed by atoms with Gasteiger partial charge in [-0.05, 0) is 40.6 Å². The maximum Gasteiger partial charge on any atom is 0.0590 e. The first-order valence-corrected chi connectivity index (χ1v) is 8.99. The van der Waals surface area contributed by atoms with E-state index in [1.807, 2.05) is 0 Å². The van der Waals surface area contributed by atoms with Gasteiger partial charge in [0.05, 0.1) is 21.1 Å². The molecular formula is C19H15NS2. The van der Waals surface area contributed by atoms with Crippen LogP contribution in [0.5, 0.6) is 0 Å². The van der Waals surface area contributed by atoms with Crippen molar-refractivity contribution in [2.75, 3.05) is 0 Å². The maximum atomic E-state index is 2.42. The fourth-order valence-electron chi connectivity index (χ4n) is 2.68. The fraction of sp³-hybridized carbons (Fsp3) is 0.0526. The van der Waals surface area contributed by atoms with Crippen LogP contribution in [0.15, 0.2) is 77.5 Å². The average molecular weight is 321 g/mol. The van der Waals surface area contributed by atoms with Crippen molar-refractivity contribution in [3.05, 3.63) is 83.1 Å². The SMILES string of the molecule is c1ccc(Cn2c(-c3cccs3)ccc2-c2cccs2)cc1. The zero-order valence-corrected chi connectivity index (χ0v) is 13.6. The van der Waals surface area contributed by atoms with E-state index in [9.17, 15) is 0 Å². The second kappa shape index (κ2) is 5.95. The lowest BCUT2D eigenvalue weighted by molar-refractivity contribution is 0.825. The predicted molar refractivity (Wildman–Crippen MR) is 96.6 cm³/mol. The van der Waals surface area contributed by atoms with Crippen molar-refractivity contribution >= 4 is 22.7 Å². The first-order valence-electron chi connectivity index (χ1n) is 7.23. The standard InChI is InChI=1S/C19H15NS2/c1-2-6-15(7-3-1)14-20-16(18-8-4-12-21-18)10-11-17(20)19-9-5-13-22-19/h1-13H,14H2. The second-order valence-electron chi connectivity index (χ2n) is 5.13. The van der Waals surface area contributed by atoms with Crippen molar-refractivity contribution in [2.45, 2.75) is 6.54 Å². The van der Waals surface area contributed by atoms with E-state index in [-0.39, 0.29) is 0 Å². The van der Waals surface area contributed by atoms with Crippen LogP contribution in [0, 0.1) is 0 Å². The zero-order valence-electron chi connectivity index (χ0n) is 12.0. The lowest BCUT2D eigenvalue weighted by Crippen LogP contribution is -2.02. The third kappa shape index (κ3) is 2.54. The molecule has 1 aromatic carbocycles. The van der Waals surface area contributed by atoms with E-state index in [0.29, 0.717) is 0 Å². The molecule has 4 rings (SSSR count). The third-order valence-corrected chi connectivity index (χ3v) is 5.50. The molecule has 3 aromatic heterocycles. The van der Waals surface area contributed by atoms with Gasteiger partial charge in [0.15, 0.2) is 0 Å². The molecule has 3 heteroatoms. The molecule has 22 heavy (non-hydrogen) atoms. The van der Waals surface area contributed by atoms with E-state index in [1.165, 1.54) is 26.7 Å². The number of aromatic nitrogens is 1. The quantitative estimate of drug-likeness (QED) is 0.435. The Balaban J connectivity index is 1.83. The van der Waals surface area contributed by atoms with Crippen LogP contribution < -0.4 is 0 Å². The Bertz CT molecular complexity index is 789. The molecule has 0 bridgehead atoms. The fourth-order valence-corrected chi connectivity index (χ4v) is 4.20. The summed E-state index contributed by atoms with van der Waals surface area (Å²) in [5.41, 5.74) is 3.92. The van der Waals surface area contributed by atoms with Crippen molar-refractivity contribution in [2.24, 2.45) is 0 Å². The van der Waals surface area contributed by atoms with Gasteiger partial charge in [0.2, 0.25) is 0 Å². The van der Waals surface area contributed by atoms with E-state index in [4.69, 9.17) is 0 Å². The van der Waals surface area contributed by atoms with E-state index < -0.39 is 0 Å². The summed E-state index contributed by atoms with van der Waals surface area (Å²) in [4.78, 5) is 2.64. The van der Waals surface area contributed by atoms with Gasteiger partial charge in [-0.1, -0.05) is 42.5 Å². The summed E-state index contributed by atoms with van der Waals surface area (Å²) in [7, 11) is 0. The van der Waals surface area contributed by atoms with E-state index in [2.05, 4.69) is 82.1 Å². The molecule has 0 fully saturated rings. The van der Waals surface area contributed by atoms with Crippen molar-refractivity contribution < 1.29 is 0 Å². The lowest BCUT2D eigenvalue weighted by Gasteiger charge is -2.12. The van der Waals surface area contributed by atoms with Gasteiger partial charge in [0.25, 0.3) is 0 Å². The Kier molecular flexibility index (Phi) is 3.67. The van der Waals surface area contributed by atoms with E-state index >= 15 is 0 Å². The highest BCUT2D eigenvalue weighted by Crippen LogP contribution is 2.34. The van der Waals surface area contributed by atoms with Crippen LogP contribution in [0.3, 0.4) is 0 Å². The Labute approximate surface area is 138 Å². The van der Waals surface area contributed by atoms with E-state index in [0.717, 1.165) is 6.54 Å². The van der Waals surface area contributed by atoms with Gasteiger partial charge in [-0.25, -0.2) is 0 Å².